The number of rotatable bonds is 10. The zero-order chi connectivity index (χ0) is 31.1. The molecule has 0 radical (unpaired) electrons. The number of carbonyl (C=O) groups excluding carboxylic acids is 2. The molecule has 0 atom stereocenters. The second-order valence-corrected chi connectivity index (χ2v) is 12.1. The third-order valence-electron chi connectivity index (χ3n) is 4.41. The van der Waals surface area contributed by atoms with Gasteiger partial charge in [0, 0.05) is 30.7 Å². The quantitative estimate of drug-likeness (QED) is 0.238. The van der Waals surface area contributed by atoms with E-state index in [9.17, 15) is 31.2 Å². The monoisotopic (exact) mass is 605 g/mol. The van der Waals surface area contributed by atoms with Crippen molar-refractivity contribution in [3.63, 3.8) is 0 Å². The molecule has 13 nitrogen and oxygen atoms in total. The number of nitrogens with zero attached hydrogens (tertiary/aromatic N) is 2. The summed E-state index contributed by atoms with van der Waals surface area (Å²) in [6.45, 7) is 9.49. The second-order valence-electron chi connectivity index (χ2n) is 10.6. The van der Waals surface area contributed by atoms with Crippen molar-refractivity contribution in [1.82, 2.24) is 19.4 Å². The van der Waals surface area contributed by atoms with Crippen molar-refractivity contribution >= 4 is 45.5 Å². The molecule has 0 unspecified atom stereocenters. The van der Waals surface area contributed by atoms with Gasteiger partial charge < -0.3 is 20.1 Å². The number of hydrogen-bond acceptors (Lipinski definition) is 10. The van der Waals surface area contributed by atoms with Crippen molar-refractivity contribution in [2.75, 3.05) is 29.0 Å². The largest absolute Gasteiger partial charge is 0.444 e. The molecule has 0 saturated heterocycles. The zero-order valence-corrected chi connectivity index (χ0v) is 24.2. The Balaban J connectivity index is 2.02. The maximum absolute atomic E-state index is 13.5. The van der Waals surface area contributed by atoms with Crippen LogP contribution in [0.2, 0.25) is 0 Å². The molecule has 0 spiro atoms. The first-order valence-corrected chi connectivity index (χ1v) is 13.8. The molecule has 228 valence electrons. The topological polar surface area (TPSA) is 173 Å². The van der Waals surface area contributed by atoms with Crippen LogP contribution in [0.4, 0.5) is 45.9 Å². The molecule has 0 aliphatic heterocycles. The number of halogens is 3. The zero-order valence-electron chi connectivity index (χ0n) is 23.4. The fourth-order valence-corrected chi connectivity index (χ4v) is 3.70. The molecule has 17 heteroatoms. The number of alkyl halides is 3. The molecular formula is C24H34F3N7O6S. The van der Waals surface area contributed by atoms with E-state index in [0.717, 1.165) is 0 Å². The molecule has 0 saturated carbocycles. The summed E-state index contributed by atoms with van der Waals surface area (Å²) in [4.78, 5) is 31.3. The van der Waals surface area contributed by atoms with Crippen LogP contribution in [0.15, 0.2) is 30.5 Å². The first-order chi connectivity index (χ1) is 18.7. The molecule has 5 N–H and O–H groups in total. The van der Waals surface area contributed by atoms with E-state index >= 15 is 0 Å². The molecule has 41 heavy (non-hydrogen) atoms. The predicted octanol–water partition coefficient (Wildman–Crippen LogP) is 4.75. The van der Waals surface area contributed by atoms with Crippen molar-refractivity contribution < 1.29 is 40.7 Å². The van der Waals surface area contributed by atoms with Gasteiger partial charge in [-0.3, -0.25) is 5.32 Å². The van der Waals surface area contributed by atoms with Crippen LogP contribution in [0.3, 0.4) is 0 Å². The number of aromatic nitrogens is 2. The Kier molecular flexibility index (Phi) is 10.7. The molecule has 0 aliphatic carbocycles. The van der Waals surface area contributed by atoms with Crippen molar-refractivity contribution in [3.05, 3.63) is 36.0 Å². The maximum atomic E-state index is 13.5. The fourth-order valence-electron chi connectivity index (χ4n) is 2.96. The van der Waals surface area contributed by atoms with Gasteiger partial charge in [0.15, 0.2) is 0 Å². The van der Waals surface area contributed by atoms with Crippen molar-refractivity contribution in [2.45, 2.75) is 65.3 Å². The van der Waals surface area contributed by atoms with E-state index in [1.54, 1.807) is 64.5 Å². The van der Waals surface area contributed by atoms with E-state index < -0.39 is 51.2 Å². The predicted molar refractivity (Wildman–Crippen MR) is 146 cm³/mol. The summed E-state index contributed by atoms with van der Waals surface area (Å²) < 4.78 is 78.3. The smallest absolute Gasteiger partial charge is 0.422 e. The summed E-state index contributed by atoms with van der Waals surface area (Å²) in [6.07, 6.45) is -5.98. The number of ether oxygens (including phenoxy) is 2. The molecule has 2 amide bonds. The van der Waals surface area contributed by atoms with Gasteiger partial charge in [-0.1, -0.05) is 6.07 Å². The third kappa shape index (κ3) is 12.9. The van der Waals surface area contributed by atoms with Crippen LogP contribution < -0.4 is 25.4 Å². The summed E-state index contributed by atoms with van der Waals surface area (Å²) in [5.74, 6) is -0.704. The molecule has 2 aromatic rings. The lowest BCUT2D eigenvalue weighted by Crippen LogP contribution is -2.43. The highest BCUT2D eigenvalue weighted by molar-refractivity contribution is 7.88. The van der Waals surface area contributed by atoms with Gasteiger partial charge in [0.1, 0.15) is 22.6 Å². The van der Waals surface area contributed by atoms with Gasteiger partial charge in [-0.25, -0.2) is 19.3 Å². The number of anilines is 4. The van der Waals surface area contributed by atoms with Gasteiger partial charge in [-0.05, 0) is 66.2 Å². The summed E-state index contributed by atoms with van der Waals surface area (Å²) >= 11 is 0. The minimum absolute atomic E-state index is 0.0394. The lowest BCUT2D eigenvalue weighted by atomic mass is 10.2. The normalized spacial score (nSPS) is 12.3. The van der Waals surface area contributed by atoms with Crippen LogP contribution in [0.25, 0.3) is 0 Å². The minimum Gasteiger partial charge on any atom is -0.444 e. The Morgan fingerprint density at radius 2 is 1.54 bits per heavy atom. The highest BCUT2D eigenvalue weighted by Crippen LogP contribution is 2.34. The maximum Gasteiger partial charge on any atom is 0.422 e. The van der Waals surface area contributed by atoms with Crippen molar-refractivity contribution in [3.8, 4) is 0 Å². The summed E-state index contributed by atoms with van der Waals surface area (Å²) in [5.41, 5.74) is -2.02. The van der Waals surface area contributed by atoms with Crippen LogP contribution >= 0.6 is 0 Å². The van der Waals surface area contributed by atoms with Gasteiger partial charge in [-0.2, -0.15) is 31.3 Å². The van der Waals surface area contributed by atoms with Crippen molar-refractivity contribution in [2.24, 2.45) is 0 Å². The highest BCUT2D eigenvalue weighted by Gasteiger charge is 2.35. The molecule has 2 rings (SSSR count). The molecule has 0 bridgehead atoms. The first-order valence-electron chi connectivity index (χ1n) is 12.3. The van der Waals surface area contributed by atoms with Crippen molar-refractivity contribution in [1.29, 1.82) is 0 Å². The third-order valence-corrected chi connectivity index (χ3v) is 5.43. The van der Waals surface area contributed by atoms with E-state index in [0.29, 0.717) is 17.6 Å². The average Bonchev–Trinajstić information content (AvgIpc) is 2.75. The number of carbonyl (C=O) groups is 2. The van der Waals surface area contributed by atoms with Crippen LogP contribution in [-0.2, 0) is 25.9 Å². The van der Waals surface area contributed by atoms with Gasteiger partial charge in [0.05, 0.1) is 0 Å². The standard InChI is InChI=1S/C24H34F3N7O6S/c1-22(2,3)39-20(35)32-16-10-7-9-15(13-16)31-19-29-14-17(24(25,26)27)18(33-19)28-11-8-12-30-41(37,38)34-21(36)40-23(4,5)6/h7,9-10,13-14,30H,8,11-12H2,1-6H3,(H,32,35)(H,34,36)(H2,28,29,31,33). The van der Waals surface area contributed by atoms with E-state index in [-0.39, 0.29) is 25.5 Å². The minimum atomic E-state index is -4.77. The van der Waals surface area contributed by atoms with Crippen LogP contribution in [0.1, 0.15) is 53.5 Å². The van der Waals surface area contributed by atoms with Gasteiger partial charge in [-0.15, -0.1) is 0 Å². The van der Waals surface area contributed by atoms with Crippen LogP contribution in [0.5, 0.6) is 0 Å². The second kappa shape index (κ2) is 13.2. The van der Waals surface area contributed by atoms with Gasteiger partial charge in [0.2, 0.25) is 5.95 Å². The Labute approximate surface area is 236 Å². The SMILES string of the molecule is CC(C)(C)OC(=O)Nc1cccc(Nc2ncc(C(F)(F)F)c(NCCCNS(=O)(=O)NC(=O)OC(C)(C)C)n2)c1. The lowest BCUT2D eigenvalue weighted by Gasteiger charge is -2.19. The Morgan fingerprint density at radius 3 is 2.15 bits per heavy atom. The van der Waals surface area contributed by atoms with Gasteiger partial charge in [0.25, 0.3) is 0 Å². The molecule has 1 aromatic carbocycles. The Morgan fingerprint density at radius 1 is 0.927 bits per heavy atom. The Bertz CT molecular complexity index is 1330. The highest BCUT2D eigenvalue weighted by atomic mass is 32.2. The van der Waals surface area contributed by atoms with Crippen LogP contribution in [0, 0.1) is 0 Å². The average molecular weight is 606 g/mol. The van der Waals surface area contributed by atoms with E-state index in [4.69, 9.17) is 9.47 Å². The van der Waals surface area contributed by atoms with Gasteiger partial charge >= 0.3 is 28.6 Å². The molecule has 0 aliphatic rings. The summed E-state index contributed by atoms with van der Waals surface area (Å²) in [5, 5.41) is 7.86. The molecule has 0 fully saturated rings. The number of amides is 2. The molecular weight excluding hydrogens is 571 g/mol. The Hall–Kier alpha value is -3.86. The summed E-state index contributed by atoms with van der Waals surface area (Å²) in [7, 11) is -4.24. The lowest BCUT2D eigenvalue weighted by molar-refractivity contribution is -0.137. The molecule has 1 heterocycles. The number of hydrogen-bond donors (Lipinski definition) is 5. The van der Waals surface area contributed by atoms with E-state index in [1.807, 2.05) is 0 Å². The number of benzene rings is 1. The van der Waals surface area contributed by atoms with E-state index in [1.165, 1.54) is 6.07 Å². The van der Waals surface area contributed by atoms with E-state index in [2.05, 4.69) is 30.6 Å². The molecule has 1 aromatic heterocycles. The summed E-state index contributed by atoms with van der Waals surface area (Å²) in [6, 6.07) is 6.28. The number of nitrogens with one attached hydrogen (secondary N) is 5. The fraction of sp³-hybridized carbons (Fsp3) is 0.500. The first kappa shape index (κ1) is 33.3. The van der Waals surface area contributed by atoms with Crippen LogP contribution in [-0.4, -0.2) is 54.9 Å².